The molecule has 3 nitrogen and oxygen atoms in total. The second-order valence-electron chi connectivity index (χ2n) is 5.94. The summed E-state index contributed by atoms with van der Waals surface area (Å²) in [5, 5.41) is 0. The van der Waals surface area contributed by atoms with Gasteiger partial charge in [-0.1, -0.05) is 0 Å². The summed E-state index contributed by atoms with van der Waals surface area (Å²) in [6.07, 6.45) is 7.21. The van der Waals surface area contributed by atoms with Gasteiger partial charge in [-0.05, 0) is 71.5 Å². The number of piperidine rings is 1. The molecule has 0 amide bonds. The van der Waals surface area contributed by atoms with Crippen molar-refractivity contribution < 1.29 is 4.74 Å². The lowest BCUT2D eigenvalue weighted by atomic mass is 9.90. The van der Waals surface area contributed by atoms with Crippen LogP contribution in [0.25, 0.3) is 0 Å². The predicted molar refractivity (Wildman–Crippen MR) is 71.0 cm³/mol. The van der Waals surface area contributed by atoms with Gasteiger partial charge in [0.15, 0.2) is 0 Å². The smallest absolute Gasteiger partial charge is 0.0565 e. The van der Waals surface area contributed by atoms with Gasteiger partial charge in [-0.25, -0.2) is 0 Å². The van der Waals surface area contributed by atoms with E-state index in [1.807, 2.05) is 0 Å². The van der Waals surface area contributed by atoms with E-state index in [4.69, 9.17) is 10.5 Å². The fourth-order valence-corrected chi connectivity index (χ4v) is 3.51. The zero-order valence-corrected chi connectivity index (χ0v) is 11.4. The zero-order chi connectivity index (χ0) is 12.3. The Morgan fingerprint density at radius 1 is 1.12 bits per heavy atom. The van der Waals surface area contributed by atoms with E-state index in [0.29, 0.717) is 12.2 Å². The van der Waals surface area contributed by atoms with Crippen molar-refractivity contribution in [3.63, 3.8) is 0 Å². The Balaban J connectivity index is 1.79. The lowest BCUT2D eigenvalue weighted by molar-refractivity contribution is -0.0696. The highest BCUT2D eigenvalue weighted by Crippen LogP contribution is 2.28. The molecule has 2 atom stereocenters. The van der Waals surface area contributed by atoms with Crippen molar-refractivity contribution in [2.24, 2.45) is 11.7 Å². The van der Waals surface area contributed by atoms with E-state index < -0.39 is 0 Å². The molecule has 100 valence electrons. The lowest BCUT2D eigenvalue weighted by Crippen LogP contribution is -2.47. The second-order valence-corrected chi connectivity index (χ2v) is 5.94. The average molecular weight is 240 g/mol. The number of hydrogen-bond donors (Lipinski definition) is 1. The van der Waals surface area contributed by atoms with Crippen molar-refractivity contribution in [2.75, 3.05) is 19.6 Å². The van der Waals surface area contributed by atoms with Gasteiger partial charge >= 0.3 is 0 Å². The third-order valence-corrected chi connectivity index (χ3v) is 4.41. The van der Waals surface area contributed by atoms with Gasteiger partial charge in [-0.3, -0.25) is 0 Å². The highest BCUT2D eigenvalue weighted by Gasteiger charge is 2.31. The van der Waals surface area contributed by atoms with Gasteiger partial charge in [0.1, 0.15) is 0 Å². The van der Waals surface area contributed by atoms with Crippen LogP contribution in [0.2, 0.25) is 0 Å². The molecule has 2 fully saturated rings. The summed E-state index contributed by atoms with van der Waals surface area (Å²) >= 11 is 0. The maximum Gasteiger partial charge on any atom is 0.0565 e. The van der Waals surface area contributed by atoms with E-state index in [9.17, 15) is 0 Å². The van der Waals surface area contributed by atoms with Crippen molar-refractivity contribution in [2.45, 2.75) is 64.2 Å². The molecule has 0 saturated carbocycles. The van der Waals surface area contributed by atoms with Crippen LogP contribution in [0, 0.1) is 5.92 Å². The van der Waals surface area contributed by atoms with Crippen LogP contribution in [0.3, 0.4) is 0 Å². The normalized spacial score (nSPS) is 37.2. The molecule has 0 aromatic carbocycles. The summed E-state index contributed by atoms with van der Waals surface area (Å²) in [6.45, 7) is 7.83. The third-order valence-electron chi connectivity index (χ3n) is 4.41. The molecular formula is C14H28N2O. The van der Waals surface area contributed by atoms with Crippen LogP contribution in [0.15, 0.2) is 0 Å². The molecule has 2 aliphatic heterocycles. The second kappa shape index (κ2) is 6.17. The monoisotopic (exact) mass is 240 g/mol. The Morgan fingerprint density at radius 3 is 2.24 bits per heavy atom. The molecule has 2 N–H and O–H groups in total. The molecule has 0 radical (unpaired) electrons. The van der Waals surface area contributed by atoms with Crippen LogP contribution in [-0.2, 0) is 4.74 Å². The summed E-state index contributed by atoms with van der Waals surface area (Å²) in [4.78, 5) is 2.70. The summed E-state index contributed by atoms with van der Waals surface area (Å²) in [6, 6.07) is 0.757. The van der Waals surface area contributed by atoms with Gasteiger partial charge in [-0.15, -0.1) is 0 Å². The Kier molecular flexibility index (Phi) is 4.83. The highest BCUT2D eigenvalue weighted by molar-refractivity contribution is 4.84. The van der Waals surface area contributed by atoms with Gasteiger partial charge in [0.25, 0.3) is 0 Å². The molecule has 0 bridgehead atoms. The zero-order valence-electron chi connectivity index (χ0n) is 11.4. The molecule has 3 heteroatoms. The summed E-state index contributed by atoms with van der Waals surface area (Å²) in [5.74, 6) is 0.880. The van der Waals surface area contributed by atoms with Crippen LogP contribution in [0.5, 0.6) is 0 Å². The topological polar surface area (TPSA) is 38.5 Å². The number of ether oxygens (including phenoxy) is 1. The first-order chi connectivity index (χ1) is 8.19. The van der Waals surface area contributed by atoms with Crippen molar-refractivity contribution in [1.82, 2.24) is 4.90 Å². The summed E-state index contributed by atoms with van der Waals surface area (Å²) in [7, 11) is 0. The molecule has 2 unspecified atom stereocenters. The van der Waals surface area contributed by atoms with Crippen LogP contribution < -0.4 is 5.73 Å². The number of hydrogen-bond acceptors (Lipinski definition) is 3. The van der Waals surface area contributed by atoms with Crippen LogP contribution in [0.4, 0.5) is 0 Å². The number of rotatable bonds is 3. The maximum absolute atomic E-state index is 5.82. The van der Waals surface area contributed by atoms with Gasteiger partial charge in [0.05, 0.1) is 12.2 Å². The van der Waals surface area contributed by atoms with Crippen molar-refractivity contribution >= 4 is 0 Å². The first kappa shape index (κ1) is 13.3. The molecule has 0 aromatic rings. The number of nitrogens with two attached hydrogens (primary N) is 1. The van der Waals surface area contributed by atoms with Crippen LogP contribution >= 0.6 is 0 Å². The molecule has 2 heterocycles. The molecular weight excluding hydrogens is 212 g/mol. The predicted octanol–water partition coefficient (Wildman–Crippen LogP) is 2.00. The van der Waals surface area contributed by atoms with E-state index >= 15 is 0 Å². The first-order valence-electron chi connectivity index (χ1n) is 7.28. The van der Waals surface area contributed by atoms with Crippen LogP contribution in [-0.4, -0.2) is 42.8 Å². The quantitative estimate of drug-likeness (QED) is 0.820. The molecule has 17 heavy (non-hydrogen) atoms. The van der Waals surface area contributed by atoms with E-state index in [-0.39, 0.29) is 0 Å². The van der Waals surface area contributed by atoms with Crippen molar-refractivity contribution in [1.29, 1.82) is 0 Å². The summed E-state index contributed by atoms with van der Waals surface area (Å²) in [5.41, 5.74) is 5.64. The summed E-state index contributed by atoms with van der Waals surface area (Å²) < 4.78 is 5.82. The van der Waals surface area contributed by atoms with Crippen molar-refractivity contribution in [3.05, 3.63) is 0 Å². The van der Waals surface area contributed by atoms with E-state index in [0.717, 1.165) is 18.5 Å². The van der Waals surface area contributed by atoms with Gasteiger partial charge in [0.2, 0.25) is 0 Å². The Labute approximate surface area is 106 Å². The molecule has 2 aliphatic rings. The van der Waals surface area contributed by atoms with Crippen molar-refractivity contribution in [3.8, 4) is 0 Å². The Morgan fingerprint density at radius 2 is 1.71 bits per heavy atom. The molecule has 0 spiro atoms. The first-order valence-corrected chi connectivity index (χ1v) is 7.28. The van der Waals surface area contributed by atoms with Gasteiger partial charge < -0.3 is 15.4 Å². The average Bonchev–Trinajstić information content (AvgIpc) is 2.29. The minimum Gasteiger partial charge on any atom is -0.375 e. The fraction of sp³-hybridized carbons (Fsp3) is 1.00. The third kappa shape index (κ3) is 3.67. The molecule has 0 aliphatic carbocycles. The molecule has 2 rings (SSSR count). The standard InChI is InChI=1S/C14H28N2O/c1-11-9-14(10-12(2)17-11)16-7-4-13(3-6-15)5-8-16/h11-14H,3-10,15H2,1-2H3. The van der Waals surface area contributed by atoms with E-state index in [2.05, 4.69) is 18.7 Å². The number of likely N-dealkylation sites (tertiary alicyclic amines) is 1. The minimum absolute atomic E-state index is 0.436. The van der Waals surface area contributed by atoms with Gasteiger partial charge in [-0.2, -0.15) is 0 Å². The minimum atomic E-state index is 0.436. The maximum atomic E-state index is 5.82. The number of nitrogens with zero attached hydrogens (tertiary/aromatic N) is 1. The Bertz CT molecular complexity index is 216. The van der Waals surface area contributed by atoms with E-state index in [1.165, 1.54) is 45.2 Å². The van der Waals surface area contributed by atoms with Gasteiger partial charge in [0, 0.05) is 6.04 Å². The van der Waals surface area contributed by atoms with Crippen LogP contribution in [0.1, 0.15) is 46.0 Å². The fourth-order valence-electron chi connectivity index (χ4n) is 3.51. The molecule has 2 saturated heterocycles. The highest BCUT2D eigenvalue weighted by atomic mass is 16.5. The Hall–Kier alpha value is -0.120. The largest absolute Gasteiger partial charge is 0.375 e. The van der Waals surface area contributed by atoms with E-state index in [1.54, 1.807) is 0 Å². The SMILES string of the molecule is CC1CC(N2CCC(CCN)CC2)CC(C)O1. The molecule has 0 aromatic heterocycles. The lowest BCUT2D eigenvalue weighted by Gasteiger charge is -2.42.